The van der Waals surface area contributed by atoms with E-state index in [0.29, 0.717) is 12.5 Å². The maximum Gasteiger partial charge on any atom is 0.193 e. The lowest BCUT2D eigenvalue weighted by atomic mass is 10.2. The van der Waals surface area contributed by atoms with E-state index in [0.717, 1.165) is 16.9 Å². The maximum absolute atomic E-state index is 5.85. The first-order valence-electron chi connectivity index (χ1n) is 6.19. The third-order valence-electron chi connectivity index (χ3n) is 2.84. The van der Waals surface area contributed by atoms with E-state index < -0.39 is 0 Å². The zero-order valence-corrected chi connectivity index (χ0v) is 14.0. The number of pyridine rings is 1. The average Bonchev–Trinajstić information content (AvgIpc) is 2.40. The van der Waals surface area contributed by atoms with Crippen LogP contribution < -0.4 is 11.1 Å². The summed E-state index contributed by atoms with van der Waals surface area (Å²) in [6.45, 7) is 4.55. The van der Waals surface area contributed by atoms with E-state index in [1.807, 2.05) is 50.2 Å². The van der Waals surface area contributed by atoms with E-state index in [1.54, 1.807) is 6.20 Å². The van der Waals surface area contributed by atoms with Crippen LogP contribution in [0.25, 0.3) is 0 Å². The highest BCUT2D eigenvalue weighted by atomic mass is 127. The molecule has 0 aliphatic carbocycles. The van der Waals surface area contributed by atoms with Gasteiger partial charge in [-0.05, 0) is 37.6 Å². The summed E-state index contributed by atoms with van der Waals surface area (Å²) in [6, 6.07) is 11.9. The second kappa shape index (κ2) is 7.84. The molecule has 106 valence electrons. The molecule has 1 heterocycles. The number of hydrogen-bond donors (Lipinski definition) is 2. The molecule has 0 amide bonds. The van der Waals surface area contributed by atoms with Gasteiger partial charge in [0.2, 0.25) is 0 Å². The third kappa shape index (κ3) is 4.80. The number of aromatic nitrogens is 1. The number of aliphatic imine (C=N–C) groups is 1. The van der Waals surface area contributed by atoms with Crippen molar-refractivity contribution in [2.75, 3.05) is 5.32 Å². The van der Waals surface area contributed by atoms with Gasteiger partial charge in [0.1, 0.15) is 0 Å². The van der Waals surface area contributed by atoms with Crippen LogP contribution in [0.2, 0.25) is 0 Å². The number of rotatable bonds is 3. The Kier molecular flexibility index (Phi) is 6.44. The SMILES string of the molecule is Cc1ccc(NC(N)=NCc2ncccc2C)cc1.I. The minimum atomic E-state index is 0. The molecule has 0 spiro atoms. The van der Waals surface area contributed by atoms with Crippen LogP contribution in [0.5, 0.6) is 0 Å². The molecule has 0 fully saturated rings. The predicted molar refractivity (Wildman–Crippen MR) is 94.5 cm³/mol. The van der Waals surface area contributed by atoms with Gasteiger partial charge in [-0.2, -0.15) is 0 Å². The number of nitrogens with zero attached hydrogens (tertiary/aromatic N) is 2. The summed E-state index contributed by atoms with van der Waals surface area (Å²) in [5.41, 5.74) is 10.1. The fraction of sp³-hybridized carbons (Fsp3) is 0.200. The Labute approximate surface area is 136 Å². The molecule has 1 aromatic heterocycles. The van der Waals surface area contributed by atoms with Gasteiger partial charge in [0.25, 0.3) is 0 Å². The van der Waals surface area contributed by atoms with Crippen molar-refractivity contribution >= 4 is 35.6 Å². The smallest absolute Gasteiger partial charge is 0.193 e. The first-order chi connectivity index (χ1) is 9.15. The van der Waals surface area contributed by atoms with Gasteiger partial charge in [-0.1, -0.05) is 23.8 Å². The first-order valence-corrected chi connectivity index (χ1v) is 6.19. The van der Waals surface area contributed by atoms with Crippen molar-refractivity contribution in [1.29, 1.82) is 0 Å². The van der Waals surface area contributed by atoms with Crippen molar-refractivity contribution < 1.29 is 0 Å². The highest BCUT2D eigenvalue weighted by molar-refractivity contribution is 14.0. The summed E-state index contributed by atoms with van der Waals surface area (Å²) in [6.07, 6.45) is 1.77. The lowest BCUT2D eigenvalue weighted by Gasteiger charge is -2.06. The average molecular weight is 382 g/mol. The second-order valence-corrected chi connectivity index (χ2v) is 4.46. The van der Waals surface area contributed by atoms with E-state index in [2.05, 4.69) is 15.3 Å². The summed E-state index contributed by atoms with van der Waals surface area (Å²) >= 11 is 0. The Bertz CT molecular complexity index is 579. The molecule has 2 rings (SSSR count). The Balaban J connectivity index is 0.00000200. The van der Waals surface area contributed by atoms with Crippen molar-refractivity contribution in [1.82, 2.24) is 4.98 Å². The molecule has 1 aromatic carbocycles. The maximum atomic E-state index is 5.85. The number of anilines is 1. The van der Waals surface area contributed by atoms with E-state index in [4.69, 9.17) is 5.73 Å². The molecule has 5 heteroatoms. The molecule has 20 heavy (non-hydrogen) atoms. The molecule has 0 saturated heterocycles. The van der Waals surface area contributed by atoms with Crippen LogP contribution in [0.4, 0.5) is 5.69 Å². The Morgan fingerprint density at radius 1 is 1.20 bits per heavy atom. The van der Waals surface area contributed by atoms with Gasteiger partial charge in [-0.25, -0.2) is 4.99 Å². The zero-order valence-electron chi connectivity index (χ0n) is 11.6. The van der Waals surface area contributed by atoms with Crippen LogP contribution in [-0.2, 0) is 6.54 Å². The highest BCUT2D eigenvalue weighted by Gasteiger charge is 1.98. The van der Waals surface area contributed by atoms with Gasteiger partial charge in [-0.3, -0.25) is 4.98 Å². The second-order valence-electron chi connectivity index (χ2n) is 4.46. The Morgan fingerprint density at radius 3 is 2.55 bits per heavy atom. The minimum Gasteiger partial charge on any atom is -0.370 e. The molecule has 0 atom stereocenters. The van der Waals surface area contributed by atoms with E-state index >= 15 is 0 Å². The normalized spacial score (nSPS) is 10.8. The van der Waals surface area contributed by atoms with Gasteiger partial charge in [0.15, 0.2) is 5.96 Å². The van der Waals surface area contributed by atoms with Crippen LogP contribution in [0.1, 0.15) is 16.8 Å². The number of nitrogens with one attached hydrogen (secondary N) is 1. The standard InChI is InChI=1S/C15H18N4.HI/c1-11-5-7-13(8-6-11)19-15(16)18-10-14-12(2)4-3-9-17-14;/h3-9H,10H2,1-2H3,(H3,16,18,19);1H. The largest absolute Gasteiger partial charge is 0.370 e. The number of guanidine groups is 1. The van der Waals surface area contributed by atoms with Crippen molar-refractivity contribution in [3.63, 3.8) is 0 Å². The Hall–Kier alpha value is -1.63. The van der Waals surface area contributed by atoms with E-state index in [-0.39, 0.29) is 24.0 Å². The van der Waals surface area contributed by atoms with Crippen LogP contribution in [0.15, 0.2) is 47.6 Å². The van der Waals surface area contributed by atoms with Gasteiger partial charge >= 0.3 is 0 Å². The predicted octanol–water partition coefficient (Wildman–Crippen LogP) is 3.24. The topological polar surface area (TPSA) is 63.3 Å². The summed E-state index contributed by atoms with van der Waals surface area (Å²) in [5, 5.41) is 3.06. The first kappa shape index (κ1) is 16.4. The lowest BCUT2D eigenvalue weighted by molar-refractivity contribution is 0.964. The molecular weight excluding hydrogens is 363 g/mol. The summed E-state index contributed by atoms with van der Waals surface area (Å²) < 4.78 is 0. The van der Waals surface area contributed by atoms with Gasteiger partial charge < -0.3 is 11.1 Å². The summed E-state index contributed by atoms with van der Waals surface area (Å²) in [5.74, 6) is 0.397. The highest BCUT2D eigenvalue weighted by Crippen LogP contribution is 2.08. The van der Waals surface area contributed by atoms with Gasteiger partial charge in [0, 0.05) is 11.9 Å². The molecular formula is C15H19IN4. The van der Waals surface area contributed by atoms with Crippen LogP contribution >= 0.6 is 24.0 Å². The van der Waals surface area contributed by atoms with E-state index in [9.17, 15) is 0 Å². The molecule has 4 nitrogen and oxygen atoms in total. The molecule has 0 bridgehead atoms. The molecule has 0 aliphatic heterocycles. The molecule has 3 N–H and O–H groups in total. The van der Waals surface area contributed by atoms with Crippen LogP contribution in [0, 0.1) is 13.8 Å². The molecule has 0 unspecified atom stereocenters. The molecule has 0 saturated carbocycles. The lowest BCUT2D eigenvalue weighted by Crippen LogP contribution is -2.22. The van der Waals surface area contributed by atoms with Crippen LogP contribution in [-0.4, -0.2) is 10.9 Å². The quantitative estimate of drug-likeness (QED) is 0.487. The van der Waals surface area contributed by atoms with Crippen molar-refractivity contribution in [3.05, 3.63) is 59.4 Å². The third-order valence-corrected chi connectivity index (χ3v) is 2.84. The zero-order chi connectivity index (χ0) is 13.7. The Morgan fingerprint density at radius 2 is 1.90 bits per heavy atom. The van der Waals surface area contributed by atoms with Crippen molar-refractivity contribution in [2.24, 2.45) is 10.7 Å². The summed E-state index contributed by atoms with van der Waals surface area (Å²) in [7, 11) is 0. The molecule has 2 aromatic rings. The monoisotopic (exact) mass is 382 g/mol. The minimum absolute atomic E-state index is 0. The number of halogens is 1. The molecule has 0 radical (unpaired) electrons. The fourth-order valence-electron chi connectivity index (χ4n) is 1.67. The van der Waals surface area contributed by atoms with Gasteiger partial charge in [0.05, 0.1) is 12.2 Å². The van der Waals surface area contributed by atoms with E-state index in [1.165, 1.54) is 5.56 Å². The summed E-state index contributed by atoms with van der Waals surface area (Å²) in [4.78, 5) is 8.57. The van der Waals surface area contributed by atoms with Crippen molar-refractivity contribution in [3.8, 4) is 0 Å². The number of benzene rings is 1. The fourth-order valence-corrected chi connectivity index (χ4v) is 1.67. The van der Waals surface area contributed by atoms with Gasteiger partial charge in [-0.15, -0.1) is 24.0 Å². The number of nitrogens with two attached hydrogens (primary N) is 1. The number of aryl methyl sites for hydroxylation is 2. The van der Waals surface area contributed by atoms with Crippen LogP contribution in [0.3, 0.4) is 0 Å². The number of hydrogen-bond acceptors (Lipinski definition) is 2. The molecule has 0 aliphatic rings. The van der Waals surface area contributed by atoms with Crippen molar-refractivity contribution in [2.45, 2.75) is 20.4 Å².